The van der Waals surface area contributed by atoms with Gasteiger partial charge >= 0.3 is 0 Å². The molecular weight excluding hydrogens is 419 g/mol. The molecule has 0 amide bonds. The van der Waals surface area contributed by atoms with Gasteiger partial charge in [0.15, 0.2) is 5.96 Å². The zero-order chi connectivity index (χ0) is 16.3. The molecule has 2 N–H and O–H groups in total. The van der Waals surface area contributed by atoms with Crippen LogP contribution in [0.2, 0.25) is 0 Å². The maximum atomic E-state index is 5.66. The van der Waals surface area contributed by atoms with Gasteiger partial charge in [0, 0.05) is 32.5 Å². The van der Waals surface area contributed by atoms with Gasteiger partial charge in [-0.1, -0.05) is 0 Å². The summed E-state index contributed by atoms with van der Waals surface area (Å²) in [6, 6.07) is 11.6. The van der Waals surface area contributed by atoms with Gasteiger partial charge in [-0.25, -0.2) is 0 Å². The number of guanidine groups is 1. The molecule has 1 aromatic heterocycles. The van der Waals surface area contributed by atoms with Crippen LogP contribution in [0.5, 0.6) is 11.5 Å². The van der Waals surface area contributed by atoms with Gasteiger partial charge < -0.3 is 24.7 Å². The van der Waals surface area contributed by atoms with Crippen molar-refractivity contribution in [1.82, 2.24) is 15.2 Å². The number of halogens is 1. The number of rotatable bonds is 8. The quantitative estimate of drug-likeness (QED) is 0.284. The number of nitrogens with one attached hydrogen (secondary N) is 2. The van der Waals surface area contributed by atoms with Crippen molar-refractivity contribution in [2.24, 2.45) is 4.99 Å². The average molecular weight is 444 g/mol. The molecule has 7 heteroatoms. The molecule has 1 heterocycles. The van der Waals surface area contributed by atoms with Crippen molar-refractivity contribution in [3.63, 3.8) is 0 Å². The highest BCUT2D eigenvalue weighted by Crippen LogP contribution is 2.16. The maximum absolute atomic E-state index is 5.66. The minimum absolute atomic E-state index is 0. The molecule has 2 rings (SSSR count). The molecule has 0 unspecified atom stereocenters. The van der Waals surface area contributed by atoms with E-state index in [1.807, 2.05) is 48.8 Å². The molecule has 6 nitrogen and oxygen atoms in total. The first-order chi connectivity index (χ1) is 11.3. The van der Waals surface area contributed by atoms with Crippen molar-refractivity contribution >= 4 is 29.9 Å². The topological polar surface area (TPSA) is 59.8 Å². The maximum Gasteiger partial charge on any atom is 0.191 e. The Labute approximate surface area is 160 Å². The van der Waals surface area contributed by atoms with Crippen LogP contribution >= 0.6 is 24.0 Å². The Morgan fingerprint density at radius 1 is 1.04 bits per heavy atom. The minimum Gasteiger partial charge on any atom is -0.497 e. The number of aromatic nitrogens is 1. The van der Waals surface area contributed by atoms with Crippen molar-refractivity contribution in [1.29, 1.82) is 0 Å². The number of benzene rings is 1. The van der Waals surface area contributed by atoms with Crippen molar-refractivity contribution < 1.29 is 9.47 Å². The van der Waals surface area contributed by atoms with Crippen molar-refractivity contribution in [3.8, 4) is 11.5 Å². The summed E-state index contributed by atoms with van der Waals surface area (Å²) in [5.41, 5.74) is 0. The molecule has 0 aliphatic carbocycles. The third kappa shape index (κ3) is 7.12. The van der Waals surface area contributed by atoms with E-state index in [0.717, 1.165) is 30.5 Å². The third-order valence-corrected chi connectivity index (χ3v) is 3.27. The lowest BCUT2D eigenvalue weighted by Gasteiger charge is -2.13. The van der Waals surface area contributed by atoms with Gasteiger partial charge in [0.25, 0.3) is 0 Å². The van der Waals surface area contributed by atoms with Crippen LogP contribution in [0.3, 0.4) is 0 Å². The molecule has 0 spiro atoms. The second-order valence-electron chi connectivity index (χ2n) is 4.87. The highest BCUT2D eigenvalue weighted by Gasteiger charge is 1.98. The van der Waals surface area contributed by atoms with Crippen molar-refractivity contribution in [3.05, 3.63) is 48.8 Å². The lowest BCUT2D eigenvalue weighted by atomic mass is 10.3. The fourth-order valence-electron chi connectivity index (χ4n) is 2.05. The van der Waals surface area contributed by atoms with E-state index in [1.165, 1.54) is 0 Å². The monoisotopic (exact) mass is 444 g/mol. The zero-order valence-corrected chi connectivity index (χ0v) is 16.4. The van der Waals surface area contributed by atoms with Crippen LogP contribution in [-0.4, -0.2) is 44.4 Å². The van der Waals surface area contributed by atoms with Crippen LogP contribution < -0.4 is 20.1 Å². The van der Waals surface area contributed by atoms with Crippen molar-refractivity contribution in [2.75, 3.05) is 33.9 Å². The summed E-state index contributed by atoms with van der Waals surface area (Å²) in [4.78, 5) is 4.19. The summed E-state index contributed by atoms with van der Waals surface area (Å²) in [6.07, 6.45) is 4.08. The van der Waals surface area contributed by atoms with Crippen LogP contribution in [0.25, 0.3) is 0 Å². The summed E-state index contributed by atoms with van der Waals surface area (Å²) in [7, 11) is 3.41. The summed E-state index contributed by atoms with van der Waals surface area (Å²) in [6.45, 7) is 2.95. The van der Waals surface area contributed by atoms with Crippen LogP contribution in [0.4, 0.5) is 0 Å². The standard InChI is InChI=1S/C17H24N4O2.HI/c1-18-17(19-9-13-21-11-3-4-12-21)20-10-14-23-16-7-5-15(22-2)6-8-16;/h3-8,11-12H,9-10,13-14H2,1-2H3,(H2,18,19,20);1H. The van der Waals surface area contributed by atoms with E-state index in [1.54, 1.807) is 14.2 Å². The Kier molecular flexibility index (Phi) is 9.74. The Balaban J connectivity index is 0.00000288. The number of ether oxygens (including phenoxy) is 2. The zero-order valence-electron chi connectivity index (χ0n) is 14.1. The van der Waals surface area contributed by atoms with Gasteiger partial charge in [-0.15, -0.1) is 24.0 Å². The molecular formula is C17H25IN4O2. The number of nitrogens with zero attached hydrogens (tertiary/aromatic N) is 2. The predicted octanol–water partition coefficient (Wildman–Crippen LogP) is 2.36. The average Bonchev–Trinajstić information content (AvgIpc) is 3.11. The molecule has 0 fully saturated rings. The number of aliphatic imine (C=N–C) groups is 1. The van der Waals surface area contributed by atoms with Gasteiger partial charge in [-0.2, -0.15) is 0 Å². The molecule has 0 bridgehead atoms. The minimum atomic E-state index is 0. The Hall–Kier alpha value is -1.90. The van der Waals surface area contributed by atoms with Crippen molar-refractivity contribution in [2.45, 2.75) is 6.54 Å². The smallest absolute Gasteiger partial charge is 0.191 e. The first-order valence-electron chi connectivity index (χ1n) is 7.64. The molecule has 2 aromatic rings. The summed E-state index contributed by atoms with van der Waals surface area (Å²) < 4.78 is 12.9. The van der Waals surface area contributed by atoms with Crippen LogP contribution in [0.1, 0.15) is 0 Å². The highest BCUT2D eigenvalue weighted by molar-refractivity contribution is 14.0. The summed E-state index contributed by atoms with van der Waals surface area (Å²) >= 11 is 0. The lowest BCUT2D eigenvalue weighted by Crippen LogP contribution is -2.40. The molecule has 0 aliphatic heterocycles. The summed E-state index contributed by atoms with van der Waals surface area (Å²) in [5.74, 6) is 2.42. The number of hydrogen-bond acceptors (Lipinski definition) is 3. The molecule has 1 aromatic carbocycles. The second kappa shape index (κ2) is 11.6. The fraction of sp³-hybridized carbons (Fsp3) is 0.353. The van der Waals surface area contributed by atoms with Crippen LogP contribution in [-0.2, 0) is 6.54 Å². The van der Waals surface area contributed by atoms with E-state index in [9.17, 15) is 0 Å². The van der Waals surface area contributed by atoms with Gasteiger partial charge in [0.2, 0.25) is 0 Å². The molecule has 0 saturated heterocycles. The van der Waals surface area contributed by atoms with E-state index in [2.05, 4.69) is 20.2 Å². The van der Waals surface area contributed by atoms with Gasteiger partial charge in [-0.3, -0.25) is 4.99 Å². The molecule has 132 valence electrons. The van der Waals surface area contributed by atoms with Crippen LogP contribution in [0, 0.1) is 0 Å². The Morgan fingerprint density at radius 3 is 2.29 bits per heavy atom. The molecule has 24 heavy (non-hydrogen) atoms. The van der Waals surface area contributed by atoms with Gasteiger partial charge in [0.05, 0.1) is 13.7 Å². The fourth-order valence-corrected chi connectivity index (χ4v) is 2.05. The largest absolute Gasteiger partial charge is 0.497 e. The van der Waals surface area contributed by atoms with Crippen LogP contribution in [0.15, 0.2) is 53.8 Å². The second-order valence-corrected chi connectivity index (χ2v) is 4.87. The number of hydrogen-bond donors (Lipinski definition) is 2. The number of methoxy groups -OCH3 is 1. The predicted molar refractivity (Wildman–Crippen MR) is 108 cm³/mol. The van der Waals surface area contributed by atoms with E-state index in [0.29, 0.717) is 13.2 Å². The molecule has 0 atom stereocenters. The highest BCUT2D eigenvalue weighted by atomic mass is 127. The Bertz CT molecular complexity index is 585. The molecule has 0 aliphatic rings. The molecule has 0 radical (unpaired) electrons. The van der Waals surface area contributed by atoms with E-state index < -0.39 is 0 Å². The van der Waals surface area contributed by atoms with Gasteiger partial charge in [0.1, 0.15) is 18.1 Å². The normalized spacial score (nSPS) is 10.7. The SMILES string of the molecule is CN=C(NCCOc1ccc(OC)cc1)NCCn1cccc1.I. The molecule has 0 saturated carbocycles. The van der Waals surface area contributed by atoms with E-state index in [-0.39, 0.29) is 24.0 Å². The first-order valence-corrected chi connectivity index (χ1v) is 7.64. The van der Waals surface area contributed by atoms with Gasteiger partial charge in [-0.05, 0) is 36.4 Å². The van der Waals surface area contributed by atoms with E-state index in [4.69, 9.17) is 9.47 Å². The third-order valence-electron chi connectivity index (χ3n) is 3.27. The lowest BCUT2D eigenvalue weighted by molar-refractivity contribution is 0.321. The Morgan fingerprint density at radius 2 is 1.67 bits per heavy atom. The first kappa shape index (κ1) is 20.1. The summed E-state index contributed by atoms with van der Waals surface area (Å²) in [5, 5.41) is 6.49. The van der Waals surface area contributed by atoms with E-state index >= 15 is 0 Å².